The Balaban J connectivity index is 2.19. The number of nitrogens with zero attached hydrogens (tertiary/aromatic N) is 4. The number of hydrogen-bond donors (Lipinski definition) is 2. The van der Waals surface area contributed by atoms with E-state index >= 15 is 0 Å². The second-order valence-corrected chi connectivity index (χ2v) is 4.01. The van der Waals surface area contributed by atoms with Gasteiger partial charge in [0.1, 0.15) is 18.0 Å². The Morgan fingerprint density at radius 1 is 1.59 bits per heavy atom. The van der Waals surface area contributed by atoms with Crippen molar-refractivity contribution in [3.05, 3.63) is 23.9 Å². The summed E-state index contributed by atoms with van der Waals surface area (Å²) in [5, 5.41) is 10.3. The van der Waals surface area contributed by atoms with E-state index < -0.39 is 0 Å². The van der Waals surface area contributed by atoms with Crippen molar-refractivity contribution in [2.24, 2.45) is 0 Å². The molecule has 0 saturated carbocycles. The highest BCUT2D eigenvalue weighted by atomic mass is 16.1. The highest BCUT2D eigenvalue weighted by Crippen LogP contribution is 2.12. The fourth-order valence-corrected chi connectivity index (χ4v) is 1.59. The number of nitrogen functional groups attached to an aromatic ring is 1. The molecule has 2 rings (SSSR count). The zero-order chi connectivity index (χ0) is 12.4. The summed E-state index contributed by atoms with van der Waals surface area (Å²) in [6.07, 6.45) is 3.04. The molecule has 0 aliphatic carbocycles. The topological polar surface area (TPSA) is 102 Å². The van der Waals surface area contributed by atoms with Gasteiger partial charge < -0.3 is 5.73 Å². The first-order valence-electron chi connectivity index (χ1n) is 5.30. The summed E-state index contributed by atoms with van der Waals surface area (Å²) in [6.45, 7) is 3.96. The quantitative estimate of drug-likeness (QED) is 0.754. The van der Waals surface area contributed by atoms with Crippen LogP contribution in [-0.2, 0) is 6.42 Å². The number of carbonyl (C=O) groups is 1. The number of carbonyl (C=O) groups excluding carboxylic acids is 1. The number of aromatic amines is 1. The lowest BCUT2D eigenvalue weighted by atomic mass is 10.1. The molecule has 0 bridgehead atoms. The van der Waals surface area contributed by atoms with Gasteiger partial charge in [-0.25, -0.2) is 9.67 Å². The van der Waals surface area contributed by atoms with Crippen molar-refractivity contribution < 1.29 is 4.79 Å². The third-order valence-corrected chi connectivity index (χ3v) is 2.42. The number of hydrogen-bond acceptors (Lipinski definition) is 5. The fourth-order valence-electron chi connectivity index (χ4n) is 1.59. The number of rotatable bonds is 4. The summed E-state index contributed by atoms with van der Waals surface area (Å²) < 4.78 is 1.72. The number of nitrogens with two attached hydrogens (primary N) is 1. The molecule has 2 aromatic heterocycles. The van der Waals surface area contributed by atoms with Crippen LogP contribution in [0.4, 0.5) is 5.82 Å². The van der Waals surface area contributed by atoms with Crippen LogP contribution in [0.25, 0.3) is 0 Å². The minimum Gasteiger partial charge on any atom is -0.383 e. The van der Waals surface area contributed by atoms with Gasteiger partial charge in [-0.05, 0) is 13.8 Å². The SMILES string of the molecule is CC(C)n1ncnc1CC(=O)c1cn[nH]c1N. The molecule has 0 amide bonds. The number of Topliss-reactive ketones (excluding diaryl/α,β-unsaturated/α-hetero) is 1. The van der Waals surface area contributed by atoms with E-state index in [0.717, 1.165) is 0 Å². The molecule has 0 unspecified atom stereocenters. The molecule has 0 spiro atoms. The Labute approximate surface area is 98.0 Å². The van der Waals surface area contributed by atoms with E-state index in [1.807, 2.05) is 13.8 Å². The summed E-state index contributed by atoms with van der Waals surface area (Å²) >= 11 is 0. The van der Waals surface area contributed by atoms with Crippen molar-refractivity contribution in [2.45, 2.75) is 26.3 Å². The summed E-state index contributed by atoms with van der Waals surface area (Å²) in [4.78, 5) is 16.0. The second kappa shape index (κ2) is 4.36. The molecule has 0 saturated heterocycles. The Morgan fingerprint density at radius 2 is 2.35 bits per heavy atom. The molecule has 0 fully saturated rings. The van der Waals surface area contributed by atoms with Crippen molar-refractivity contribution in [3.63, 3.8) is 0 Å². The zero-order valence-electron chi connectivity index (χ0n) is 9.71. The van der Waals surface area contributed by atoms with Crippen LogP contribution in [-0.4, -0.2) is 30.7 Å². The molecule has 0 radical (unpaired) electrons. The summed E-state index contributed by atoms with van der Waals surface area (Å²) in [6, 6.07) is 0.169. The molecule has 0 atom stereocenters. The van der Waals surface area contributed by atoms with Crippen LogP contribution in [0.1, 0.15) is 36.1 Å². The van der Waals surface area contributed by atoms with Crippen LogP contribution in [0.2, 0.25) is 0 Å². The number of H-pyrrole nitrogens is 1. The average Bonchev–Trinajstić information content (AvgIpc) is 2.86. The largest absolute Gasteiger partial charge is 0.383 e. The third kappa shape index (κ3) is 2.17. The first-order valence-corrected chi connectivity index (χ1v) is 5.30. The maximum atomic E-state index is 11.9. The van der Waals surface area contributed by atoms with Crippen molar-refractivity contribution in [1.82, 2.24) is 25.0 Å². The maximum Gasteiger partial charge on any atom is 0.175 e. The highest BCUT2D eigenvalue weighted by molar-refractivity contribution is 6.00. The molecule has 0 aromatic carbocycles. The minimum absolute atomic E-state index is 0.119. The Morgan fingerprint density at radius 3 is 2.94 bits per heavy atom. The van der Waals surface area contributed by atoms with Gasteiger partial charge in [0.2, 0.25) is 0 Å². The molecule has 17 heavy (non-hydrogen) atoms. The van der Waals surface area contributed by atoms with Crippen LogP contribution in [0, 0.1) is 0 Å². The molecular weight excluding hydrogens is 220 g/mol. The van der Waals surface area contributed by atoms with Gasteiger partial charge in [-0.2, -0.15) is 10.2 Å². The van der Waals surface area contributed by atoms with Crippen LogP contribution in [0.5, 0.6) is 0 Å². The van der Waals surface area contributed by atoms with Gasteiger partial charge in [0, 0.05) is 6.04 Å². The van der Waals surface area contributed by atoms with Gasteiger partial charge in [-0.3, -0.25) is 9.89 Å². The van der Waals surface area contributed by atoms with E-state index in [1.54, 1.807) is 4.68 Å². The predicted molar refractivity (Wildman–Crippen MR) is 61.4 cm³/mol. The Bertz CT molecular complexity index is 526. The van der Waals surface area contributed by atoms with Crippen LogP contribution in [0.15, 0.2) is 12.5 Å². The van der Waals surface area contributed by atoms with E-state index in [9.17, 15) is 4.79 Å². The number of aromatic nitrogens is 5. The maximum absolute atomic E-state index is 11.9. The van der Waals surface area contributed by atoms with E-state index in [2.05, 4.69) is 20.3 Å². The number of ketones is 1. The van der Waals surface area contributed by atoms with E-state index in [4.69, 9.17) is 5.73 Å². The second-order valence-electron chi connectivity index (χ2n) is 4.01. The van der Waals surface area contributed by atoms with Crippen LogP contribution < -0.4 is 5.73 Å². The molecule has 0 aliphatic heterocycles. The highest BCUT2D eigenvalue weighted by Gasteiger charge is 2.16. The van der Waals surface area contributed by atoms with E-state index in [1.165, 1.54) is 12.5 Å². The van der Waals surface area contributed by atoms with Gasteiger partial charge in [0.25, 0.3) is 0 Å². The molecule has 90 valence electrons. The fraction of sp³-hybridized carbons (Fsp3) is 0.400. The van der Waals surface area contributed by atoms with Gasteiger partial charge >= 0.3 is 0 Å². The summed E-state index contributed by atoms with van der Waals surface area (Å²) in [5.41, 5.74) is 5.98. The average molecular weight is 234 g/mol. The lowest BCUT2D eigenvalue weighted by Crippen LogP contribution is -2.13. The van der Waals surface area contributed by atoms with E-state index in [-0.39, 0.29) is 24.1 Å². The number of nitrogens with one attached hydrogen (secondary N) is 1. The first-order chi connectivity index (χ1) is 8.09. The van der Waals surface area contributed by atoms with Gasteiger partial charge in [0.15, 0.2) is 5.78 Å². The molecule has 2 aromatic rings. The number of anilines is 1. The lowest BCUT2D eigenvalue weighted by Gasteiger charge is -2.08. The standard InChI is InChI=1S/C10H14N6O/c1-6(2)16-9(12-5-14-16)3-8(17)7-4-13-15-10(7)11/h4-6H,3H2,1-2H3,(H3,11,13,15). The molecule has 0 aliphatic rings. The lowest BCUT2D eigenvalue weighted by molar-refractivity contribution is 0.0990. The van der Waals surface area contributed by atoms with Crippen LogP contribution in [0.3, 0.4) is 0 Å². The molecule has 2 heterocycles. The van der Waals surface area contributed by atoms with Gasteiger partial charge in [0.05, 0.1) is 18.2 Å². The molecule has 3 N–H and O–H groups in total. The van der Waals surface area contributed by atoms with Crippen molar-refractivity contribution >= 4 is 11.6 Å². The summed E-state index contributed by atoms with van der Waals surface area (Å²) in [7, 11) is 0. The van der Waals surface area contributed by atoms with Crippen LogP contribution >= 0.6 is 0 Å². The van der Waals surface area contributed by atoms with Crippen molar-refractivity contribution in [1.29, 1.82) is 0 Å². The summed E-state index contributed by atoms with van der Waals surface area (Å²) in [5.74, 6) is 0.794. The smallest absolute Gasteiger partial charge is 0.175 e. The molecule has 7 nitrogen and oxygen atoms in total. The normalized spacial score (nSPS) is 11.0. The van der Waals surface area contributed by atoms with Crippen molar-refractivity contribution in [3.8, 4) is 0 Å². The molecule has 7 heteroatoms. The Hall–Kier alpha value is -2.18. The first kappa shape index (κ1) is 11.3. The van der Waals surface area contributed by atoms with E-state index in [0.29, 0.717) is 11.4 Å². The third-order valence-electron chi connectivity index (χ3n) is 2.42. The predicted octanol–water partition coefficient (Wildman–Crippen LogP) is 0.590. The van der Waals surface area contributed by atoms with Crippen molar-refractivity contribution in [2.75, 3.05) is 5.73 Å². The molecular formula is C10H14N6O. The van der Waals surface area contributed by atoms with Gasteiger partial charge in [-0.1, -0.05) is 0 Å². The minimum atomic E-state index is -0.119. The van der Waals surface area contributed by atoms with Gasteiger partial charge in [-0.15, -0.1) is 0 Å². The Kier molecular flexibility index (Phi) is 2.90. The monoisotopic (exact) mass is 234 g/mol. The zero-order valence-corrected chi connectivity index (χ0v) is 9.71.